The van der Waals surface area contributed by atoms with Crippen LogP contribution in [0.5, 0.6) is 0 Å². The van der Waals surface area contributed by atoms with E-state index in [0.29, 0.717) is 22.5 Å². The monoisotopic (exact) mass is 419 g/mol. The van der Waals surface area contributed by atoms with E-state index in [0.717, 1.165) is 24.2 Å². The van der Waals surface area contributed by atoms with Gasteiger partial charge < -0.3 is 0 Å². The van der Waals surface area contributed by atoms with E-state index in [9.17, 15) is 8.42 Å². The van der Waals surface area contributed by atoms with Crippen molar-refractivity contribution in [3.63, 3.8) is 0 Å². The molecule has 148 valence electrons. The summed E-state index contributed by atoms with van der Waals surface area (Å²) in [6.07, 6.45) is 7.24. The highest BCUT2D eigenvalue weighted by Gasteiger charge is 2.24. The summed E-state index contributed by atoms with van der Waals surface area (Å²) in [5.41, 5.74) is 2.24. The number of nitrogens with one attached hydrogen (secondary N) is 2. The van der Waals surface area contributed by atoms with Crippen molar-refractivity contribution in [3.05, 3.63) is 52.9 Å². The van der Waals surface area contributed by atoms with Crippen LogP contribution in [0.1, 0.15) is 49.4 Å². The van der Waals surface area contributed by atoms with E-state index >= 15 is 0 Å². The lowest BCUT2D eigenvalue weighted by atomic mass is 9.87. The number of sulfonamides is 1. The van der Waals surface area contributed by atoms with Gasteiger partial charge in [0.25, 0.3) is 10.0 Å². The molecule has 0 saturated heterocycles. The Hall–Kier alpha value is -2.32. The number of halogens is 1. The quantitative estimate of drug-likeness (QED) is 0.640. The second-order valence-electron chi connectivity index (χ2n) is 7.13. The van der Waals surface area contributed by atoms with Crippen LogP contribution in [0.2, 0.25) is 5.02 Å². The maximum Gasteiger partial charge on any atom is 0.266 e. The van der Waals surface area contributed by atoms with Crippen LogP contribution in [0.25, 0.3) is 5.69 Å². The molecule has 1 aromatic carbocycles. The van der Waals surface area contributed by atoms with E-state index in [4.69, 9.17) is 11.6 Å². The van der Waals surface area contributed by atoms with Gasteiger partial charge in [0.2, 0.25) is 0 Å². The molecular formula is C19H22ClN5O2S. The zero-order valence-electron chi connectivity index (χ0n) is 15.5. The Morgan fingerprint density at radius 3 is 2.61 bits per heavy atom. The molecule has 0 atom stereocenters. The standard InChI is InChI=1S/C19H22ClN5O2S/c1-13-18(12-21-25(13)16-9-7-15(20)8-10-16)28(26,27)24-19-11-17(22-23-19)14-5-3-2-4-6-14/h7-12,14H,2-6H2,1H3,(H2,22,23,24). The maximum absolute atomic E-state index is 12.9. The molecule has 2 N–H and O–H groups in total. The van der Waals surface area contributed by atoms with Gasteiger partial charge in [-0.05, 0) is 44.0 Å². The summed E-state index contributed by atoms with van der Waals surface area (Å²) >= 11 is 5.92. The summed E-state index contributed by atoms with van der Waals surface area (Å²) in [6.45, 7) is 1.72. The normalized spacial score (nSPS) is 15.6. The largest absolute Gasteiger partial charge is 0.280 e. The number of aromatic amines is 1. The summed E-state index contributed by atoms with van der Waals surface area (Å²) in [5, 5.41) is 12.0. The molecular weight excluding hydrogens is 398 g/mol. The molecule has 3 aromatic rings. The minimum absolute atomic E-state index is 0.115. The Labute approximate surface area is 169 Å². The van der Waals surface area contributed by atoms with E-state index in [1.54, 1.807) is 41.9 Å². The molecule has 0 aliphatic heterocycles. The van der Waals surface area contributed by atoms with E-state index in [1.807, 2.05) is 0 Å². The van der Waals surface area contributed by atoms with Crippen molar-refractivity contribution in [2.24, 2.45) is 0 Å². The van der Waals surface area contributed by atoms with Crippen molar-refractivity contribution in [1.29, 1.82) is 0 Å². The number of H-pyrrole nitrogens is 1. The third-order valence-corrected chi connectivity index (χ3v) is 6.92. The second-order valence-corrected chi connectivity index (χ2v) is 9.22. The molecule has 1 fully saturated rings. The van der Waals surface area contributed by atoms with Gasteiger partial charge in [0, 0.05) is 22.7 Å². The molecule has 1 aliphatic carbocycles. The van der Waals surface area contributed by atoms with E-state index in [1.165, 1.54) is 25.5 Å². The van der Waals surface area contributed by atoms with Crippen molar-refractivity contribution in [2.75, 3.05) is 4.72 Å². The minimum atomic E-state index is -3.80. The molecule has 2 aromatic heterocycles. The fourth-order valence-electron chi connectivity index (χ4n) is 3.71. The average Bonchev–Trinajstić information content (AvgIpc) is 3.30. The lowest BCUT2D eigenvalue weighted by molar-refractivity contribution is 0.436. The zero-order chi connectivity index (χ0) is 19.7. The number of benzene rings is 1. The summed E-state index contributed by atoms with van der Waals surface area (Å²) in [6, 6.07) is 8.85. The Bertz CT molecular complexity index is 1070. The number of aromatic nitrogens is 4. The van der Waals surface area contributed by atoms with Crippen molar-refractivity contribution in [2.45, 2.75) is 49.8 Å². The lowest BCUT2D eigenvalue weighted by Gasteiger charge is -2.19. The first-order valence-electron chi connectivity index (χ1n) is 9.33. The minimum Gasteiger partial charge on any atom is -0.280 e. The van der Waals surface area contributed by atoms with Gasteiger partial charge in [-0.1, -0.05) is 30.9 Å². The first-order chi connectivity index (χ1) is 13.4. The Balaban J connectivity index is 1.56. The van der Waals surface area contributed by atoms with Crippen LogP contribution < -0.4 is 4.72 Å². The molecule has 1 saturated carbocycles. The first kappa shape index (κ1) is 19.0. The van der Waals surface area contributed by atoms with Crippen LogP contribution in [0.15, 0.2) is 41.4 Å². The molecule has 28 heavy (non-hydrogen) atoms. The fourth-order valence-corrected chi connectivity index (χ4v) is 4.98. The van der Waals surface area contributed by atoms with Gasteiger partial charge in [-0.25, -0.2) is 13.1 Å². The molecule has 0 amide bonds. The van der Waals surface area contributed by atoms with Gasteiger partial charge in [-0.15, -0.1) is 0 Å². The van der Waals surface area contributed by atoms with E-state index in [2.05, 4.69) is 20.0 Å². The summed E-state index contributed by atoms with van der Waals surface area (Å²) in [4.78, 5) is 0.115. The maximum atomic E-state index is 12.9. The SMILES string of the molecule is Cc1c(S(=O)(=O)Nc2cc(C3CCCCC3)[nH]n2)cnn1-c1ccc(Cl)cc1. The van der Waals surface area contributed by atoms with Crippen LogP contribution in [0, 0.1) is 6.92 Å². The van der Waals surface area contributed by atoms with Crippen LogP contribution in [-0.2, 0) is 10.0 Å². The highest BCUT2D eigenvalue weighted by atomic mass is 35.5. The van der Waals surface area contributed by atoms with Crippen molar-refractivity contribution >= 4 is 27.4 Å². The molecule has 0 radical (unpaired) electrons. The van der Waals surface area contributed by atoms with Crippen LogP contribution in [0.3, 0.4) is 0 Å². The van der Waals surface area contributed by atoms with Crippen LogP contribution >= 0.6 is 11.6 Å². The van der Waals surface area contributed by atoms with Crippen LogP contribution in [-0.4, -0.2) is 28.4 Å². The van der Waals surface area contributed by atoms with E-state index < -0.39 is 10.0 Å². The van der Waals surface area contributed by atoms with Gasteiger partial charge in [0.05, 0.1) is 17.6 Å². The van der Waals surface area contributed by atoms with E-state index in [-0.39, 0.29) is 4.90 Å². The smallest absolute Gasteiger partial charge is 0.266 e. The summed E-state index contributed by atoms with van der Waals surface area (Å²) in [5.74, 6) is 0.730. The Morgan fingerprint density at radius 2 is 1.89 bits per heavy atom. The number of hydrogen-bond acceptors (Lipinski definition) is 4. The molecule has 4 rings (SSSR count). The Kier molecular flexibility index (Phi) is 5.16. The third kappa shape index (κ3) is 3.79. The van der Waals surface area contributed by atoms with Crippen molar-refractivity contribution < 1.29 is 8.42 Å². The summed E-state index contributed by atoms with van der Waals surface area (Å²) in [7, 11) is -3.80. The number of rotatable bonds is 5. The molecule has 0 spiro atoms. The van der Waals surface area contributed by atoms with Gasteiger partial charge in [-0.2, -0.15) is 10.2 Å². The van der Waals surface area contributed by atoms with Crippen molar-refractivity contribution in [1.82, 2.24) is 20.0 Å². The first-order valence-corrected chi connectivity index (χ1v) is 11.2. The van der Waals surface area contributed by atoms with Gasteiger partial charge in [0.1, 0.15) is 4.90 Å². The Morgan fingerprint density at radius 1 is 1.18 bits per heavy atom. The zero-order valence-corrected chi connectivity index (χ0v) is 17.1. The molecule has 2 heterocycles. The second kappa shape index (κ2) is 7.60. The number of nitrogens with zero attached hydrogens (tertiary/aromatic N) is 3. The van der Waals surface area contributed by atoms with Gasteiger partial charge >= 0.3 is 0 Å². The molecule has 1 aliphatic rings. The number of hydrogen-bond donors (Lipinski definition) is 2. The van der Waals surface area contributed by atoms with Crippen LogP contribution in [0.4, 0.5) is 5.82 Å². The van der Waals surface area contributed by atoms with Gasteiger partial charge in [0.15, 0.2) is 5.82 Å². The fraction of sp³-hybridized carbons (Fsp3) is 0.368. The number of anilines is 1. The highest BCUT2D eigenvalue weighted by molar-refractivity contribution is 7.92. The topological polar surface area (TPSA) is 92.7 Å². The van der Waals surface area contributed by atoms with Gasteiger partial charge in [-0.3, -0.25) is 9.82 Å². The highest BCUT2D eigenvalue weighted by Crippen LogP contribution is 2.32. The predicted molar refractivity (Wildman–Crippen MR) is 109 cm³/mol. The average molecular weight is 420 g/mol. The molecule has 0 unspecified atom stereocenters. The summed E-state index contributed by atoms with van der Waals surface area (Å²) < 4.78 is 29.9. The molecule has 9 heteroatoms. The third-order valence-electron chi connectivity index (χ3n) is 5.21. The lowest BCUT2D eigenvalue weighted by Crippen LogP contribution is -2.14. The predicted octanol–water partition coefficient (Wildman–Crippen LogP) is 4.41. The van der Waals surface area contributed by atoms with Crippen molar-refractivity contribution in [3.8, 4) is 5.69 Å². The molecule has 7 nitrogen and oxygen atoms in total. The molecule has 0 bridgehead atoms.